The quantitative estimate of drug-likeness (QED) is 0.711. The van der Waals surface area contributed by atoms with Crippen LogP contribution in [0.3, 0.4) is 0 Å². The number of rotatable bonds is 7. The smallest absolute Gasteiger partial charge is 0.252 e. The molecular weight excluding hydrogens is 382 g/mol. The first-order valence-corrected chi connectivity index (χ1v) is 10.4. The second kappa shape index (κ2) is 9.17. The predicted octanol–water partition coefficient (Wildman–Crippen LogP) is 2.22. The van der Waals surface area contributed by atoms with E-state index < -0.39 is 0 Å². The Balaban J connectivity index is 1.18. The van der Waals surface area contributed by atoms with Gasteiger partial charge in [0, 0.05) is 31.3 Å². The highest BCUT2D eigenvalue weighted by atomic mass is 16.5. The molecule has 2 aromatic rings. The largest absolute Gasteiger partial charge is 0.368 e. The fourth-order valence-corrected chi connectivity index (χ4v) is 4.03. The minimum Gasteiger partial charge on any atom is -0.368 e. The van der Waals surface area contributed by atoms with Crippen LogP contribution in [0.25, 0.3) is 11.3 Å². The molecule has 156 valence electrons. The summed E-state index contributed by atoms with van der Waals surface area (Å²) < 4.78 is 5.42. The van der Waals surface area contributed by atoms with Gasteiger partial charge in [-0.05, 0) is 31.4 Å². The van der Waals surface area contributed by atoms with Crippen LogP contribution in [0, 0.1) is 0 Å². The Morgan fingerprint density at radius 2 is 1.97 bits per heavy atom. The molecule has 2 saturated heterocycles. The van der Waals surface area contributed by atoms with Gasteiger partial charge in [0.15, 0.2) is 5.78 Å². The molecule has 1 N–H and O–H groups in total. The fourth-order valence-electron chi connectivity index (χ4n) is 4.03. The topological polar surface area (TPSA) is 88.6 Å². The van der Waals surface area contributed by atoms with Crippen LogP contribution in [-0.4, -0.2) is 59.3 Å². The standard InChI is InChI=1S/C23H25N3O4/c27-19-15-30-20-11-13-26(22(19)20)21(28)8-4-5-12-24-23(29)17-9-10-18(25-14-17)16-6-2-1-3-7-16/h1-3,6-7,9-10,14,20,22H,4-5,8,11-13,15H2,(H,24,29). The van der Waals surface area contributed by atoms with E-state index >= 15 is 0 Å². The number of ether oxygens (including phenoxy) is 1. The number of carbonyl (C=O) groups is 3. The van der Waals surface area contributed by atoms with Crippen LogP contribution in [-0.2, 0) is 14.3 Å². The van der Waals surface area contributed by atoms with Gasteiger partial charge in [-0.2, -0.15) is 0 Å². The third-order valence-electron chi connectivity index (χ3n) is 5.63. The predicted molar refractivity (Wildman–Crippen MR) is 111 cm³/mol. The van der Waals surface area contributed by atoms with E-state index in [-0.39, 0.29) is 36.4 Å². The van der Waals surface area contributed by atoms with Crippen molar-refractivity contribution in [3.63, 3.8) is 0 Å². The van der Waals surface area contributed by atoms with Gasteiger partial charge in [0.2, 0.25) is 5.91 Å². The molecule has 0 saturated carbocycles. The van der Waals surface area contributed by atoms with Crippen molar-refractivity contribution in [3.05, 3.63) is 54.2 Å². The van der Waals surface area contributed by atoms with E-state index in [1.807, 2.05) is 36.4 Å². The van der Waals surface area contributed by atoms with Crippen molar-refractivity contribution in [3.8, 4) is 11.3 Å². The van der Waals surface area contributed by atoms with Crippen molar-refractivity contribution in [1.29, 1.82) is 0 Å². The summed E-state index contributed by atoms with van der Waals surface area (Å²) in [5, 5.41) is 2.87. The van der Waals surface area contributed by atoms with Crippen molar-refractivity contribution >= 4 is 17.6 Å². The summed E-state index contributed by atoms with van der Waals surface area (Å²) in [4.78, 5) is 42.6. The molecule has 30 heavy (non-hydrogen) atoms. The molecule has 1 aromatic heterocycles. The fraction of sp³-hybridized carbons (Fsp3) is 0.391. The molecule has 7 nitrogen and oxygen atoms in total. The van der Waals surface area contributed by atoms with E-state index in [0.717, 1.165) is 17.7 Å². The molecule has 0 spiro atoms. The third kappa shape index (κ3) is 4.41. The lowest BCUT2D eigenvalue weighted by molar-refractivity contribution is -0.136. The first-order valence-electron chi connectivity index (χ1n) is 10.4. The van der Waals surface area contributed by atoms with Gasteiger partial charge < -0.3 is 15.0 Å². The van der Waals surface area contributed by atoms with E-state index in [4.69, 9.17) is 4.74 Å². The average molecular weight is 407 g/mol. The van der Waals surface area contributed by atoms with Gasteiger partial charge in [0.1, 0.15) is 12.6 Å². The van der Waals surface area contributed by atoms with Gasteiger partial charge in [-0.3, -0.25) is 19.4 Å². The molecule has 3 heterocycles. The number of aromatic nitrogens is 1. The van der Waals surface area contributed by atoms with Gasteiger partial charge in [-0.15, -0.1) is 0 Å². The Bertz CT molecular complexity index is 914. The van der Waals surface area contributed by atoms with Crippen LogP contribution in [0.4, 0.5) is 0 Å². The van der Waals surface area contributed by atoms with E-state index in [1.165, 1.54) is 0 Å². The second-order valence-electron chi connectivity index (χ2n) is 7.65. The van der Waals surface area contributed by atoms with Gasteiger partial charge in [-0.1, -0.05) is 30.3 Å². The van der Waals surface area contributed by atoms with Crippen LogP contribution in [0.15, 0.2) is 48.7 Å². The number of unbranched alkanes of at least 4 members (excludes halogenated alkanes) is 1. The van der Waals surface area contributed by atoms with Crippen molar-refractivity contribution in [2.45, 2.75) is 37.8 Å². The first-order chi connectivity index (χ1) is 14.6. The highest BCUT2D eigenvalue weighted by Crippen LogP contribution is 2.27. The minimum absolute atomic E-state index is 0.00463. The maximum absolute atomic E-state index is 12.4. The highest BCUT2D eigenvalue weighted by molar-refractivity contribution is 5.94. The molecule has 2 unspecified atom stereocenters. The van der Waals surface area contributed by atoms with Gasteiger partial charge in [-0.25, -0.2) is 0 Å². The molecule has 0 bridgehead atoms. The van der Waals surface area contributed by atoms with Crippen molar-refractivity contribution < 1.29 is 19.1 Å². The van der Waals surface area contributed by atoms with Crippen LogP contribution in [0.1, 0.15) is 36.0 Å². The summed E-state index contributed by atoms with van der Waals surface area (Å²) >= 11 is 0. The Morgan fingerprint density at radius 3 is 2.73 bits per heavy atom. The lowest BCUT2D eigenvalue weighted by Gasteiger charge is -2.21. The molecule has 2 aliphatic rings. The summed E-state index contributed by atoms with van der Waals surface area (Å²) in [6.45, 7) is 1.19. The number of nitrogens with zero attached hydrogens (tertiary/aromatic N) is 2. The minimum atomic E-state index is -0.386. The molecule has 7 heteroatoms. The van der Waals surface area contributed by atoms with Crippen LogP contribution >= 0.6 is 0 Å². The van der Waals surface area contributed by atoms with Crippen LogP contribution < -0.4 is 5.32 Å². The molecule has 2 fully saturated rings. The summed E-state index contributed by atoms with van der Waals surface area (Å²) in [7, 11) is 0. The zero-order chi connectivity index (χ0) is 20.9. The summed E-state index contributed by atoms with van der Waals surface area (Å²) in [5.74, 6) is -0.178. The molecule has 2 aliphatic heterocycles. The highest BCUT2D eigenvalue weighted by Gasteiger charge is 2.46. The summed E-state index contributed by atoms with van der Waals surface area (Å²) in [6, 6.07) is 13.0. The van der Waals surface area contributed by atoms with E-state index in [9.17, 15) is 14.4 Å². The van der Waals surface area contributed by atoms with E-state index in [2.05, 4.69) is 10.3 Å². The van der Waals surface area contributed by atoms with Crippen molar-refractivity contribution in [1.82, 2.24) is 15.2 Å². The lowest BCUT2D eigenvalue weighted by atomic mass is 10.1. The average Bonchev–Trinajstić information content (AvgIpc) is 3.37. The van der Waals surface area contributed by atoms with Gasteiger partial charge in [0.05, 0.1) is 17.4 Å². The van der Waals surface area contributed by atoms with E-state index in [1.54, 1.807) is 17.2 Å². The number of pyridine rings is 1. The number of likely N-dealkylation sites (tertiary alicyclic amines) is 1. The normalized spacial score (nSPS) is 20.3. The van der Waals surface area contributed by atoms with Crippen LogP contribution in [0.5, 0.6) is 0 Å². The Hall–Kier alpha value is -3.06. The SMILES string of the molecule is O=C(NCCCCC(=O)N1CCC2OCC(=O)C21)c1ccc(-c2ccccc2)nc1. The number of benzene rings is 1. The maximum atomic E-state index is 12.4. The lowest BCUT2D eigenvalue weighted by Crippen LogP contribution is -2.41. The molecule has 0 radical (unpaired) electrons. The number of carbonyl (C=O) groups excluding carboxylic acids is 3. The molecule has 1 aromatic carbocycles. The number of ketones is 1. The zero-order valence-corrected chi connectivity index (χ0v) is 16.8. The molecule has 4 rings (SSSR count). The van der Waals surface area contributed by atoms with Crippen molar-refractivity contribution in [2.24, 2.45) is 0 Å². The van der Waals surface area contributed by atoms with Gasteiger partial charge >= 0.3 is 0 Å². The molecular formula is C23H25N3O4. The number of nitrogens with one attached hydrogen (secondary N) is 1. The maximum Gasteiger partial charge on any atom is 0.252 e. The summed E-state index contributed by atoms with van der Waals surface area (Å²) in [6.07, 6.45) is 3.91. The Kier molecular flexibility index (Phi) is 6.18. The van der Waals surface area contributed by atoms with Crippen LogP contribution in [0.2, 0.25) is 0 Å². The number of hydrogen-bond donors (Lipinski definition) is 1. The number of fused-ring (bicyclic) bond motifs is 1. The van der Waals surface area contributed by atoms with Crippen molar-refractivity contribution in [2.75, 3.05) is 19.7 Å². The Labute approximate surface area is 175 Å². The number of hydrogen-bond acceptors (Lipinski definition) is 5. The molecule has 2 atom stereocenters. The number of amides is 2. The molecule has 0 aliphatic carbocycles. The Morgan fingerprint density at radius 1 is 1.13 bits per heavy atom. The first kappa shape index (κ1) is 20.2. The number of Topliss-reactive ketones (excluding diaryl/α,β-unsaturated/α-hetero) is 1. The monoisotopic (exact) mass is 407 g/mol. The van der Waals surface area contributed by atoms with Gasteiger partial charge in [0.25, 0.3) is 5.91 Å². The summed E-state index contributed by atoms with van der Waals surface area (Å²) in [5.41, 5.74) is 2.33. The molecule has 2 amide bonds. The third-order valence-corrected chi connectivity index (χ3v) is 5.63. The van der Waals surface area contributed by atoms with E-state index in [0.29, 0.717) is 37.9 Å². The zero-order valence-electron chi connectivity index (χ0n) is 16.8. The second-order valence-corrected chi connectivity index (χ2v) is 7.65.